The number of carbonyl (C=O) groups excluding carboxylic acids is 1. The second-order valence-electron chi connectivity index (χ2n) is 5.30. The fourth-order valence-corrected chi connectivity index (χ4v) is 3.12. The van der Waals surface area contributed by atoms with E-state index >= 15 is 0 Å². The van der Waals surface area contributed by atoms with E-state index in [-0.39, 0.29) is 0 Å². The number of likely N-dealkylation sites (N-methyl/N-ethyl adjacent to an activating group) is 1. The van der Waals surface area contributed by atoms with Crippen LogP contribution in [0.4, 0.5) is 0 Å². The molecule has 1 aliphatic carbocycles. The highest BCUT2D eigenvalue weighted by molar-refractivity contribution is 5.75. The molecule has 0 atom stereocenters. The van der Waals surface area contributed by atoms with Gasteiger partial charge in [-0.15, -0.1) is 0 Å². The van der Waals surface area contributed by atoms with Gasteiger partial charge in [-0.25, -0.2) is 0 Å². The van der Waals surface area contributed by atoms with E-state index in [2.05, 4.69) is 11.9 Å². The predicted octanol–water partition coefficient (Wildman–Crippen LogP) is 1.80. The third-order valence-electron chi connectivity index (χ3n) is 4.08. The smallest absolute Gasteiger partial charge is 0.168 e. The summed E-state index contributed by atoms with van der Waals surface area (Å²) in [6, 6.07) is 0.464. The molecule has 17 heavy (non-hydrogen) atoms. The maximum atomic E-state index is 11.3. The van der Waals surface area contributed by atoms with Crippen LogP contribution in [0, 0.1) is 0 Å². The van der Waals surface area contributed by atoms with E-state index in [0.717, 1.165) is 37.2 Å². The molecule has 0 saturated heterocycles. The van der Waals surface area contributed by atoms with Crippen LogP contribution >= 0.6 is 0 Å². The number of aldehydes is 1. The van der Waals surface area contributed by atoms with Gasteiger partial charge in [-0.1, -0.05) is 12.8 Å². The van der Waals surface area contributed by atoms with Crippen molar-refractivity contribution in [1.29, 1.82) is 0 Å². The van der Waals surface area contributed by atoms with E-state index in [9.17, 15) is 4.79 Å². The molecule has 0 bridgehead atoms. The molecule has 1 aromatic rings. The lowest BCUT2D eigenvalue weighted by atomic mass is 10.1. The molecule has 4 nitrogen and oxygen atoms in total. The number of carbonyl (C=O) groups is 1. The molecule has 0 spiro atoms. The number of nitrogens with zero attached hydrogens (tertiary/aromatic N) is 3. The summed E-state index contributed by atoms with van der Waals surface area (Å²) in [6.45, 7) is 1.92. The Hall–Kier alpha value is -1.16. The van der Waals surface area contributed by atoms with E-state index in [1.165, 1.54) is 31.2 Å². The van der Waals surface area contributed by atoms with E-state index in [1.807, 2.05) is 4.68 Å². The number of fused-ring (bicyclic) bond motifs is 1. The van der Waals surface area contributed by atoms with Crippen LogP contribution in [0.25, 0.3) is 0 Å². The predicted molar refractivity (Wildman–Crippen MR) is 65.2 cm³/mol. The normalized spacial score (nSPS) is 21.7. The standard InChI is InChI=1S/C13H19N3O/c1-15-7-6-11-12(8-15)14-16(13(11)9-17)10-4-2-3-5-10/h9-10H,2-8H2,1H3. The first-order valence-corrected chi connectivity index (χ1v) is 6.53. The highest BCUT2D eigenvalue weighted by atomic mass is 16.1. The fourth-order valence-electron chi connectivity index (χ4n) is 3.12. The average molecular weight is 233 g/mol. The Morgan fingerprint density at radius 1 is 1.35 bits per heavy atom. The maximum Gasteiger partial charge on any atom is 0.168 e. The molecule has 4 heteroatoms. The van der Waals surface area contributed by atoms with Gasteiger partial charge in [0.05, 0.1) is 11.7 Å². The number of aromatic nitrogens is 2. The van der Waals surface area contributed by atoms with Gasteiger partial charge in [-0.2, -0.15) is 5.10 Å². The van der Waals surface area contributed by atoms with Gasteiger partial charge in [-0.3, -0.25) is 9.48 Å². The summed E-state index contributed by atoms with van der Waals surface area (Å²) in [5.74, 6) is 0. The van der Waals surface area contributed by atoms with Crippen LogP contribution in [-0.4, -0.2) is 34.6 Å². The van der Waals surface area contributed by atoms with E-state index < -0.39 is 0 Å². The summed E-state index contributed by atoms with van der Waals surface area (Å²) < 4.78 is 2.02. The van der Waals surface area contributed by atoms with Crippen LogP contribution in [0.3, 0.4) is 0 Å². The van der Waals surface area contributed by atoms with Gasteiger partial charge in [0.1, 0.15) is 5.69 Å². The lowest BCUT2D eigenvalue weighted by Gasteiger charge is -2.20. The van der Waals surface area contributed by atoms with Crippen LogP contribution in [0.2, 0.25) is 0 Å². The fraction of sp³-hybridized carbons (Fsp3) is 0.692. The molecule has 0 radical (unpaired) electrons. The molecule has 2 aliphatic rings. The summed E-state index contributed by atoms with van der Waals surface area (Å²) in [6.07, 6.45) is 6.87. The van der Waals surface area contributed by atoms with Crippen molar-refractivity contribution in [1.82, 2.24) is 14.7 Å². The molecular formula is C13H19N3O. The highest BCUT2D eigenvalue weighted by Gasteiger charge is 2.27. The SMILES string of the molecule is CN1CCc2c(nn(C3CCCC3)c2C=O)C1. The Bertz CT molecular complexity index is 432. The van der Waals surface area contributed by atoms with Gasteiger partial charge in [0.25, 0.3) is 0 Å². The monoisotopic (exact) mass is 233 g/mol. The third kappa shape index (κ3) is 1.80. The molecular weight excluding hydrogens is 214 g/mol. The van der Waals surface area contributed by atoms with Gasteiger partial charge in [0.15, 0.2) is 6.29 Å². The quantitative estimate of drug-likeness (QED) is 0.731. The minimum atomic E-state index is 0.464. The second-order valence-corrected chi connectivity index (χ2v) is 5.30. The zero-order valence-electron chi connectivity index (χ0n) is 10.4. The molecule has 3 rings (SSSR count). The third-order valence-corrected chi connectivity index (χ3v) is 4.08. The van der Waals surface area contributed by atoms with Gasteiger partial charge in [-0.05, 0) is 26.3 Å². The Kier molecular flexibility index (Phi) is 2.74. The minimum absolute atomic E-state index is 0.464. The topological polar surface area (TPSA) is 38.1 Å². The minimum Gasteiger partial charge on any atom is -0.300 e. The first-order chi connectivity index (χ1) is 8.29. The number of hydrogen-bond acceptors (Lipinski definition) is 3. The van der Waals surface area contributed by atoms with Crippen molar-refractivity contribution in [3.63, 3.8) is 0 Å². The van der Waals surface area contributed by atoms with Crippen LogP contribution in [-0.2, 0) is 13.0 Å². The van der Waals surface area contributed by atoms with Gasteiger partial charge in [0.2, 0.25) is 0 Å². The molecule has 0 N–H and O–H groups in total. The van der Waals surface area contributed by atoms with Crippen LogP contribution in [0.15, 0.2) is 0 Å². The molecule has 1 aromatic heterocycles. The van der Waals surface area contributed by atoms with E-state index in [4.69, 9.17) is 5.10 Å². The summed E-state index contributed by atoms with van der Waals surface area (Å²) in [7, 11) is 2.11. The highest BCUT2D eigenvalue weighted by Crippen LogP contribution is 2.32. The van der Waals surface area contributed by atoms with Gasteiger partial charge in [0, 0.05) is 18.7 Å². The maximum absolute atomic E-state index is 11.3. The molecule has 1 fully saturated rings. The Labute approximate surface area is 102 Å². The zero-order chi connectivity index (χ0) is 11.8. The Morgan fingerprint density at radius 3 is 2.82 bits per heavy atom. The number of hydrogen-bond donors (Lipinski definition) is 0. The lowest BCUT2D eigenvalue weighted by molar-refractivity contribution is 0.111. The van der Waals surface area contributed by atoms with Gasteiger partial charge < -0.3 is 4.90 Å². The van der Waals surface area contributed by atoms with Crippen molar-refractivity contribution in [3.05, 3.63) is 17.0 Å². The van der Waals surface area contributed by atoms with Crippen molar-refractivity contribution in [2.75, 3.05) is 13.6 Å². The van der Waals surface area contributed by atoms with Crippen molar-refractivity contribution in [3.8, 4) is 0 Å². The largest absolute Gasteiger partial charge is 0.300 e. The molecule has 0 aromatic carbocycles. The van der Waals surface area contributed by atoms with Crippen molar-refractivity contribution in [2.24, 2.45) is 0 Å². The van der Waals surface area contributed by atoms with Crippen LogP contribution < -0.4 is 0 Å². The molecule has 0 unspecified atom stereocenters. The van der Waals surface area contributed by atoms with Gasteiger partial charge >= 0.3 is 0 Å². The number of rotatable bonds is 2. The summed E-state index contributed by atoms with van der Waals surface area (Å²) in [5, 5.41) is 4.70. The van der Waals surface area contributed by atoms with E-state index in [0.29, 0.717) is 6.04 Å². The first-order valence-electron chi connectivity index (χ1n) is 6.53. The molecule has 0 amide bonds. The summed E-state index contributed by atoms with van der Waals surface area (Å²) >= 11 is 0. The summed E-state index contributed by atoms with van der Waals surface area (Å²) in [5.41, 5.74) is 3.16. The lowest BCUT2D eigenvalue weighted by Crippen LogP contribution is -2.26. The second kappa shape index (κ2) is 4.26. The van der Waals surface area contributed by atoms with Crippen LogP contribution in [0.5, 0.6) is 0 Å². The van der Waals surface area contributed by atoms with Crippen LogP contribution in [0.1, 0.15) is 53.5 Å². The van der Waals surface area contributed by atoms with Crippen molar-refractivity contribution >= 4 is 6.29 Å². The Balaban J connectivity index is 2.00. The summed E-state index contributed by atoms with van der Waals surface area (Å²) in [4.78, 5) is 13.6. The molecule has 1 aliphatic heterocycles. The first kappa shape index (κ1) is 11.0. The molecule has 2 heterocycles. The van der Waals surface area contributed by atoms with E-state index in [1.54, 1.807) is 0 Å². The molecule has 92 valence electrons. The Morgan fingerprint density at radius 2 is 2.12 bits per heavy atom. The van der Waals surface area contributed by atoms with Crippen molar-refractivity contribution in [2.45, 2.75) is 44.7 Å². The zero-order valence-corrected chi connectivity index (χ0v) is 10.4. The molecule has 1 saturated carbocycles. The average Bonchev–Trinajstić information content (AvgIpc) is 2.94. The van der Waals surface area contributed by atoms with Crippen molar-refractivity contribution < 1.29 is 4.79 Å².